The summed E-state index contributed by atoms with van der Waals surface area (Å²) in [6.07, 6.45) is 6.16. The van der Waals surface area contributed by atoms with E-state index in [0.717, 1.165) is 11.1 Å². The van der Waals surface area contributed by atoms with Gasteiger partial charge in [0, 0.05) is 15.6 Å². The first-order valence-corrected chi connectivity index (χ1v) is 7.37. The second-order valence-corrected chi connectivity index (χ2v) is 7.19. The number of halogens is 5. The molecule has 0 atom stereocenters. The van der Waals surface area contributed by atoms with Crippen LogP contribution in [0.2, 0.25) is 5.02 Å². The van der Waals surface area contributed by atoms with E-state index in [1.54, 1.807) is 18.2 Å². The molecule has 0 aromatic heterocycles. The van der Waals surface area contributed by atoms with Crippen LogP contribution in [0.25, 0.3) is 5.57 Å². The Morgan fingerprint density at radius 2 is 1.58 bits per heavy atom. The smallest absolute Gasteiger partial charge is 0.0847 e. The SMILES string of the molecule is ClC1=CC/C(=C(\c2ccc(Cl)cc2)C(Cl)(Cl)Cl)C=C1. The molecule has 0 spiro atoms. The molecule has 0 N–H and O–H groups in total. The van der Waals surface area contributed by atoms with Gasteiger partial charge in [0.05, 0.1) is 0 Å². The van der Waals surface area contributed by atoms with Crippen molar-refractivity contribution in [1.82, 2.24) is 0 Å². The van der Waals surface area contributed by atoms with E-state index >= 15 is 0 Å². The first kappa shape index (κ1) is 15.3. The molecule has 0 radical (unpaired) electrons. The van der Waals surface area contributed by atoms with Gasteiger partial charge in [-0.2, -0.15) is 0 Å². The van der Waals surface area contributed by atoms with Gasteiger partial charge in [-0.3, -0.25) is 0 Å². The summed E-state index contributed by atoms with van der Waals surface area (Å²) in [5.41, 5.74) is 2.40. The Kier molecular flexibility index (Phi) is 4.92. The third-order valence-electron chi connectivity index (χ3n) is 2.70. The Morgan fingerprint density at radius 3 is 2.05 bits per heavy atom. The maximum Gasteiger partial charge on any atom is 0.216 e. The van der Waals surface area contributed by atoms with Crippen LogP contribution in [-0.4, -0.2) is 3.79 Å². The molecule has 0 amide bonds. The Balaban J connectivity index is 2.52. The fourth-order valence-corrected chi connectivity index (χ4v) is 2.81. The van der Waals surface area contributed by atoms with Gasteiger partial charge in [0.1, 0.15) is 0 Å². The molecule has 0 fully saturated rings. The summed E-state index contributed by atoms with van der Waals surface area (Å²) < 4.78 is -1.51. The van der Waals surface area contributed by atoms with Crippen LogP contribution in [-0.2, 0) is 0 Å². The molecule has 2 rings (SSSR count). The standard InChI is InChI=1S/C14H9Cl5/c15-11-5-1-9(2-6-11)13(14(17,18)19)10-3-7-12(16)8-4-10/h1-3,5-8H,4H2/b13-10+. The average molecular weight is 354 g/mol. The molecule has 0 nitrogen and oxygen atoms in total. The monoisotopic (exact) mass is 352 g/mol. The summed E-state index contributed by atoms with van der Waals surface area (Å²) in [5, 5.41) is 1.32. The molecule has 0 heterocycles. The van der Waals surface area contributed by atoms with Gasteiger partial charge >= 0.3 is 0 Å². The van der Waals surface area contributed by atoms with Crippen LogP contribution in [0.3, 0.4) is 0 Å². The van der Waals surface area contributed by atoms with E-state index in [4.69, 9.17) is 58.0 Å². The van der Waals surface area contributed by atoms with E-state index < -0.39 is 3.79 Å². The van der Waals surface area contributed by atoms with Gasteiger partial charge in [-0.05, 0) is 35.8 Å². The largest absolute Gasteiger partial charge is 0.216 e. The van der Waals surface area contributed by atoms with Crippen LogP contribution >= 0.6 is 58.0 Å². The maximum atomic E-state index is 6.10. The van der Waals surface area contributed by atoms with Crippen molar-refractivity contribution in [2.75, 3.05) is 0 Å². The number of allylic oxidation sites excluding steroid dienone is 6. The van der Waals surface area contributed by atoms with E-state index in [9.17, 15) is 0 Å². The van der Waals surface area contributed by atoms with Crippen molar-refractivity contribution >= 4 is 63.6 Å². The molecule has 1 aliphatic carbocycles. The summed E-state index contributed by atoms with van der Waals surface area (Å²) in [5.74, 6) is 0. The highest BCUT2D eigenvalue weighted by atomic mass is 35.6. The fraction of sp³-hybridized carbons (Fsp3) is 0.143. The van der Waals surface area contributed by atoms with Crippen molar-refractivity contribution in [1.29, 1.82) is 0 Å². The third kappa shape index (κ3) is 3.93. The normalized spacial score (nSPS) is 18.3. The number of rotatable bonds is 1. The Bertz CT molecular complexity index is 558. The number of hydrogen-bond acceptors (Lipinski definition) is 0. The predicted octanol–water partition coefficient (Wildman–Crippen LogP) is 6.55. The minimum Gasteiger partial charge on any atom is -0.0847 e. The summed E-state index contributed by atoms with van der Waals surface area (Å²) in [7, 11) is 0. The predicted molar refractivity (Wildman–Crippen MR) is 86.4 cm³/mol. The molecule has 1 aromatic rings. The highest BCUT2D eigenvalue weighted by Gasteiger charge is 2.29. The molecule has 0 unspecified atom stereocenters. The zero-order valence-electron chi connectivity index (χ0n) is 9.64. The van der Waals surface area contributed by atoms with Gasteiger partial charge in [0.25, 0.3) is 0 Å². The van der Waals surface area contributed by atoms with Gasteiger partial charge < -0.3 is 0 Å². The van der Waals surface area contributed by atoms with Crippen molar-refractivity contribution in [2.24, 2.45) is 0 Å². The van der Waals surface area contributed by atoms with Gasteiger partial charge in [0.15, 0.2) is 0 Å². The molecular formula is C14H9Cl5. The third-order valence-corrected chi connectivity index (χ3v) is 3.80. The topological polar surface area (TPSA) is 0 Å². The summed E-state index contributed by atoms with van der Waals surface area (Å²) >= 11 is 30.1. The lowest BCUT2D eigenvalue weighted by molar-refractivity contribution is 1.23. The van der Waals surface area contributed by atoms with Crippen LogP contribution < -0.4 is 0 Å². The summed E-state index contributed by atoms with van der Waals surface area (Å²) in [6, 6.07) is 7.20. The minimum absolute atomic E-state index is 0.626. The van der Waals surface area contributed by atoms with Gasteiger partial charge in [-0.1, -0.05) is 82.3 Å². The Hall–Kier alpha value is -0.110. The van der Waals surface area contributed by atoms with Crippen LogP contribution in [0.4, 0.5) is 0 Å². The quantitative estimate of drug-likeness (QED) is 0.502. The van der Waals surface area contributed by atoms with Crippen LogP contribution in [0.5, 0.6) is 0 Å². The highest BCUT2D eigenvalue weighted by Crippen LogP contribution is 2.44. The Labute approximate surface area is 137 Å². The lowest BCUT2D eigenvalue weighted by Gasteiger charge is -2.21. The van der Waals surface area contributed by atoms with Crippen molar-refractivity contribution in [3.8, 4) is 0 Å². The molecular weight excluding hydrogens is 345 g/mol. The second kappa shape index (κ2) is 6.11. The first-order chi connectivity index (χ1) is 8.88. The van der Waals surface area contributed by atoms with E-state index in [1.165, 1.54) is 0 Å². The van der Waals surface area contributed by atoms with E-state index in [0.29, 0.717) is 22.0 Å². The van der Waals surface area contributed by atoms with E-state index in [-0.39, 0.29) is 0 Å². The van der Waals surface area contributed by atoms with E-state index in [1.807, 2.05) is 24.3 Å². The number of alkyl halides is 3. The van der Waals surface area contributed by atoms with Crippen molar-refractivity contribution < 1.29 is 0 Å². The minimum atomic E-state index is -1.51. The molecule has 100 valence electrons. The zero-order valence-corrected chi connectivity index (χ0v) is 13.4. The molecule has 0 bridgehead atoms. The van der Waals surface area contributed by atoms with Gasteiger partial charge in [-0.15, -0.1) is 0 Å². The summed E-state index contributed by atoms with van der Waals surface area (Å²) in [4.78, 5) is 0. The number of hydrogen-bond donors (Lipinski definition) is 0. The highest BCUT2D eigenvalue weighted by molar-refractivity contribution is 6.72. The molecule has 0 saturated carbocycles. The first-order valence-electron chi connectivity index (χ1n) is 5.48. The van der Waals surface area contributed by atoms with Gasteiger partial charge in [-0.25, -0.2) is 0 Å². The van der Waals surface area contributed by atoms with Crippen molar-refractivity contribution in [2.45, 2.75) is 10.2 Å². The Morgan fingerprint density at radius 1 is 0.947 bits per heavy atom. The van der Waals surface area contributed by atoms with Crippen molar-refractivity contribution in [3.05, 3.63) is 63.7 Å². The van der Waals surface area contributed by atoms with Crippen LogP contribution in [0.1, 0.15) is 12.0 Å². The van der Waals surface area contributed by atoms with E-state index in [2.05, 4.69) is 0 Å². The lowest BCUT2D eigenvalue weighted by atomic mass is 9.96. The van der Waals surface area contributed by atoms with Crippen molar-refractivity contribution in [3.63, 3.8) is 0 Å². The molecule has 19 heavy (non-hydrogen) atoms. The molecule has 5 heteroatoms. The molecule has 1 aliphatic rings. The van der Waals surface area contributed by atoms with Crippen LogP contribution in [0.15, 0.2) is 53.1 Å². The maximum absolute atomic E-state index is 6.10. The fourth-order valence-electron chi connectivity index (χ4n) is 1.86. The molecule has 1 aromatic carbocycles. The zero-order chi connectivity index (χ0) is 14.0. The van der Waals surface area contributed by atoms with Crippen LogP contribution in [0, 0.1) is 0 Å². The molecule has 0 aliphatic heterocycles. The lowest BCUT2D eigenvalue weighted by Crippen LogP contribution is -2.09. The number of benzene rings is 1. The summed E-state index contributed by atoms with van der Waals surface area (Å²) in [6.45, 7) is 0. The van der Waals surface area contributed by atoms with Gasteiger partial charge in [0.2, 0.25) is 3.79 Å². The second-order valence-electron chi connectivity index (χ2n) is 4.03. The molecule has 0 saturated heterocycles. The average Bonchev–Trinajstić information content (AvgIpc) is 2.33.